The smallest absolute Gasteiger partial charge is 0.337 e. The normalized spacial score (nSPS) is 18.2. The van der Waals surface area contributed by atoms with Crippen LogP contribution in [0.4, 0.5) is 0 Å². The molecule has 1 aromatic carbocycles. The largest absolute Gasteiger partial charge is 0.478 e. The van der Waals surface area contributed by atoms with E-state index in [0.29, 0.717) is 12.2 Å². The van der Waals surface area contributed by atoms with Gasteiger partial charge < -0.3 is 19.3 Å². The van der Waals surface area contributed by atoms with Gasteiger partial charge in [-0.3, -0.25) is 0 Å². The van der Waals surface area contributed by atoms with Crippen LogP contribution in [-0.2, 0) is 20.8 Å². The maximum Gasteiger partial charge on any atom is 0.337 e. The molecule has 1 saturated heterocycles. The van der Waals surface area contributed by atoms with Gasteiger partial charge in [-0.2, -0.15) is 0 Å². The molecule has 1 aliphatic rings. The van der Waals surface area contributed by atoms with Crippen molar-refractivity contribution in [3.8, 4) is 0 Å². The SMILES string of the molecule is COC(=O)c1cc(COC2CCCCO2)cc(C(=O)O)c1. The summed E-state index contributed by atoms with van der Waals surface area (Å²) < 4.78 is 15.7. The fraction of sp³-hybridized carbons (Fsp3) is 0.467. The molecule has 1 heterocycles. The Kier molecular flexibility index (Phi) is 5.30. The zero-order chi connectivity index (χ0) is 15.2. The van der Waals surface area contributed by atoms with E-state index in [2.05, 4.69) is 4.74 Å². The quantitative estimate of drug-likeness (QED) is 0.838. The van der Waals surface area contributed by atoms with Gasteiger partial charge in [-0.15, -0.1) is 0 Å². The first-order chi connectivity index (χ1) is 10.1. The highest BCUT2D eigenvalue weighted by Crippen LogP contribution is 2.18. The van der Waals surface area contributed by atoms with Crippen LogP contribution >= 0.6 is 0 Å². The van der Waals surface area contributed by atoms with Crippen LogP contribution < -0.4 is 0 Å². The number of aromatic carboxylic acids is 1. The molecule has 0 bridgehead atoms. The Morgan fingerprint density at radius 1 is 1.29 bits per heavy atom. The molecule has 1 unspecified atom stereocenters. The van der Waals surface area contributed by atoms with Gasteiger partial charge >= 0.3 is 11.9 Å². The number of carboxylic acids is 1. The van der Waals surface area contributed by atoms with Crippen molar-refractivity contribution in [2.24, 2.45) is 0 Å². The maximum atomic E-state index is 11.6. The molecule has 0 spiro atoms. The van der Waals surface area contributed by atoms with Crippen molar-refractivity contribution in [1.29, 1.82) is 0 Å². The minimum Gasteiger partial charge on any atom is -0.478 e. The lowest BCUT2D eigenvalue weighted by Crippen LogP contribution is -2.22. The molecular formula is C15H18O6. The molecule has 1 atom stereocenters. The van der Waals surface area contributed by atoms with Crippen LogP contribution in [-0.4, -0.2) is 37.1 Å². The number of esters is 1. The number of carboxylic acid groups (broad SMARTS) is 1. The Bertz CT molecular complexity index is 519. The molecule has 0 radical (unpaired) electrons. The number of methoxy groups -OCH3 is 1. The zero-order valence-electron chi connectivity index (χ0n) is 11.8. The van der Waals surface area contributed by atoms with E-state index in [-0.39, 0.29) is 24.0 Å². The van der Waals surface area contributed by atoms with Crippen molar-refractivity contribution in [2.45, 2.75) is 32.2 Å². The van der Waals surface area contributed by atoms with E-state index < -0.39 is 11.9 Å². The Hall–Kier alpha value is -1.92. The summed E-state index contributed by atoms with van der Waals surface area (Å²) in [6.07, 6.45) is 2.63. The third-order valence-electron chi connectivity index (χ3n) is 3.23. The number of carbonyl (C=O) groups excluding carboxylic acids is 1. The van der Waals surface area contributed by atoms with Crippen molar-refractivity contribution < 1.29 is 28.9 Å². The lowest BCUT2D eigenvalue weighted by molar-refractivity contribution is -0.168. The van der Waals surface area contributed by atoms with Gasteiger partial charge in [-0.1, -0.05) is 0 Å². The highest BCUT2D eigenvalue weighted by Gasteiger charge is 2.16. The van der Waals surface area contributed by atoms with Crippen molar-refractivity contribution in [1.82, 2.24) is 0 Å². The average molecular weight is 294 g/mol. The Balaban J connectivity index is 2.11. The second-order valence-corrected chi connectivity index (χ2v) is 4.82. The summed E-state index contributed by atoms with van der Waals surface area (Å²) >= 11 is 0. The number of hydrogen-bond donors (Lipinski definition) is 1. The molecule has 0 aliphatic carbocycles. The van der Waals surface area contributed by atoms with E-state index in [0.717, 1.165) is 19.3 Å². The lowest BCUT2D eigenvalue weighted by atomic mass is 10.1. The van der Waals surface area contributed by atoms with Crippen LogP contribution in [0, 0.1) is 0 Å². The van der Waals surface area contributed by atoms with Gasteiger partial charge in [0.15, 0.2) is 6.29 Å². The number of carbonyl (C=O) groups is 2. The minimum atomic E-state index is -1.10. The van der Waals surface area contributed by atoms with E-state index in [1.807, 2.05) is 0 Å². The van der Waals surface area contributed by atoms with E-state index in [1.54, 1.807) is 6.07 Å². The van der Waals surface area contributed by atoms with Crippen LogP contribution in [0.15, 0.2) is 18.2 Å². The van der Waals surface area contributed by atoms with E-state index in [9.17, 15) is 9.59 Å². The molecule has 1 aromatic rings. The van der Waals surface area contributed by atoms with Crippen LogP contribution in [0.25, 0.3) is 0 Å². The first kappa shape index (κ1) is 15.5. The maximum absolute atomic E-state index is 11.6. The highest BCUT2D eigenvalue weighted by molar-refractivity contribution is 5.94. The molecule has 1 aliphatic heterocycles. The van der Waals surface area contributed by atoms with Crippen molar-refractivity contribution in [3.05, 3.63) is 34.9 Å². The second kappa shape index (κ2) is 7.19. The fourth-order valence-corrected chi connectivity index (χ4v) is 2.17. The third-order valence-corrected chi connectivity index (χ3v) is 3.23. The van der Waals surface area contributed by atoms with Crippen molar-refractivity contribution in [3.63, 3.8) is 0 Å². The lowest BCUT2D eigenvalue weighted by Gasteiger charge is -2.22. The highest BCUT2D eigenvalue weighted by atomic mass is 16.7. The molecule has 6 nitrogen and oxygen atoms in total. The number of ether oxygens (including phenoxy) is 3. The zero-order valence-corrected chi connectivity index (χ0v) is 11.8. The average Bonchev–Trinajstić information content (AvgIpc) is 2.52. The molecular weight excluding hydrogens is 276 g/mol. The number of hydrogen-bond acceptors (Lipinski definition) is 5. The summed E-state index contributed by atoms with van der Waals surface area (Å²) in [5, 5.41) is 9.09. The topological polar surface area (TPSA) is 82.1 Å². The van der Waals surface area contributed by atoms with Gasteiger partial charge in [0.2, 0.25) is 0 Å². The molecule has 1 N–H and O–H groups in total. The third kappa shape index (κ3) is 4.27. The van der Waals surface area contributed by atoms with Gasteiger partial charge in [-0.25, -0.2) is 9.59 Å². The predicted octanol–water partition coefficient (Wildman–Crippen LogP) is 2.21. The molecule has 0 aromatic heterocycles. The van der Waals surface area contributed by atoms with Gasteiger partial charge in [0.25, 0.3) is 0 Å². The van der Waals surface area contributed by atoms with Crippen LogP contribution in [0.1, 0.15) is 45.5 Å². The number of rotatable bonds is 5. The van der Waals surface area contributed by atoms with Crippen molar-refractivity contribution in [2.75, 3.05) is 13.7 Å². The van der Waals surface area contributed by atoms with Gasteiger partial charge in [0.05, 0.1) is 24.8 Å². The second-order valence-electron chi connectivity index (χ2n) is 4.82. The predicted molar refractivity (Wildman–Crippen MR) is 73.1 cm³/mol. The fourth-order valence-electron chi connectivity index (χ4n) is 2.17. The van der Waals surface area contributed by atoms with E-state index >= 15 is 0 Å². The van der Waals surface area contributed by atoms with Gasteiger partial charge in [0.1, 0.15) is 0 Å². The van der Waals surface area contributed by atoms with E-state index in [4.69, 9.17) is 14.6 Å². The van der Waals surface area contributed by atoms with Crippen LogP contribution in [0.2, 0.25) is 0 Å². The summed E-state index contributed by atoms with van der Waals surface area (Å²) in [4.78, 5) is 22.7. The van der Waals surface area contributed by atoms with Crippen LogP contribution in [0.5, 0.6) is 0 Å². The summed E-state index contributed by atoms with van der Waals surface area (Å²) in [5.41, 5.74) is 0.825. The first-order valence-electron chi connectivity index (χ1n) is 6.79. The summed E-state index contributed by atoms with van der Waals surface area (Å²) in [5.74, 6) is -1.68. The van der Waals surface area contributed by atoms with Gasteiger partial charge in [-0.05, 0) is 43.0 Å². The Morgan fingerprint density at radius 3 is 2.67 bits per heavy atom. The summed E-state index contributed by atoms with van der Waals surface area (Å²) in [6.45, 7) is 0.864. The molecule has 114 valence electrons. The summed E-state index contributed by atoms with van der Waals surface area (Å²) in [6, 6.07) is 4.34. The Morgan fingerprint density at radius 2 is 2.05 bits per heavy atom. The molecule has 6 heteroatoms. The van der Waals surface area contributed by atoms with Gasteiger partial charge in [0, 0.05) is 6.61 Å². The molecule has 2 rings (SSSR count). The molecule has 21 heavy (non-hydrogen) atoms. The first-order valence-corrected chi connectivity index (χ1v) is 6.79. The molecule has 0 saturated carbocycles. The van der Waals surface area contributed by atoms with E-state index in [1.165, 1.54) is 19.2 Å². The molecule has 0 amide bonds. The standard InChI is InChI=1S/C15H18O6/c1-19-15(18)12-7-10(6-11(8-12)14(16)17)9-21-13-4-2-3-5-20-13/h6-8,13H,2-5,9H2,1H3,(H,16,17). The molecule has 1 fully saturated rings. The number of benzene rings is 1. The minimum absolute atomic E-state index is 0.0288. The van der Waals surface area contributed by atoms with Crippen molar-refractivity contribution >= 4 is 11.9 Å². The Labute approximate surface area is 122 Å². The monoisotopic (exact) mass is 294 g/mol. The summed E-state index contributed by atoms with van der Waals surface area (Å²) in [7, 11) is 1.25. The van der Waals surface area contributed by atoms with Crippen LogP contribution in [0.3, 0.4) is 0 Å².